The Bertz CT molecular complexity index is 369. The number of nitrogens with one attached hydrogen (secondary N) is 1. The zero-order valence-corrected chi connectivity index (χ0v) is 7.83. The lowest BCUT2D eigenvalue weighted by molar-refractivity contribution is 0.252. The number of benzene rings is 1. The number of anilines is 1. The summed E-state index contributed by atoms with van der Waals surface area (Å²) >= 11 is 0. The van der Waals surface area contributed by atoms with Crippen LogP contribution in [0.25, 0.3) is 6.08 Å². The lowest BCUT2D eigenvalue weighted by Gasteiger charge is -2.20. The lowest BCUT2D eigenvalue weighted by Crippen LogP contribution is -2.19. The van der Waals surface area contributed by atoms with E-state index in [9.17, 15) is 5.11 Å². The number of aliphatic hydroxyl groups is 1. The van der Waals surface area contributed by atoms with E-state index in [2.05, 4.69) is 31.3 Å². The average molecular weight is 175 g/mol. The molecule has 0 saturated carbocycles. The van der Waals surface area contributed by atoms with Crippen LogP contribution in [-0.4, -0.2) is 11.3 Å². The maximum absolute atomic E-state index is 9.34. The molecule has 0 bridgehead atoms. The Morgan fingerprint density at radius 1 is 1.31 bits per heavy atom. The minimum atomic E-state index is -0.548. The molecule has 1 aromatic rings. The van der Waals surface area contributed by atoms with Crippen molar-refractivity contribution in [2.75, 3.05) is 5.32 Å². The number of aliphatic hydroxyl groups excluding tert-OH is 1. The third-order valence-corrected chi connectivity index (χ3v) is 2.28. The van der Waals surface area contributed by atoms with E-state index in [0.29, 0.717) is 0 Å². The van der Waals surface area contributed by atoms with Gasteiger partial charge in [-0.05, 0) is 37.1 Å². The largest absolute Gasteiger partial charge is 0.370 e. The first kappa shape index (κ1) is 8.32. The SMILES string of the molecule is Cc1cc(C)c2c(c1)NC(O)C=C2. The quantitative estimate of drug-likeness (QED) is 0.632. The van der Waals surface area contributed by atoms with Gasteiger partial charge >= 0.3 is 0 Å². The van der Waals surface area contributed by atoms with E-state index in [1.54, 1.807) is 6.08 Å². The van der Waals surface area contributed by atoms with Gasteiger partial charge in [0.2, 0.25) is 0 Å². The van der Waals surface area contributed by atoms with Crippen molar-refractivity contribution in [3.05, 3.63) is 34.9 Å². The summed E-state index contributed by atoms with van der Waals surface area (Å²) in [6.07, 6.45) is 3.17. The molecule has 13 heavy (non-hydrogen) atoms. The van der Waals surface area contributed by atoms with E-state index in [1.165, 1.54) is 16.7 Å². The number of hydrogen-bond donors (Lipinski definition) is 2. The smallest absolute Gasteiger partial charge is 0.144 e. The number of aryl methyl sites for hydroxylation is 2. The first-order valence-electron chi connectivity index (χ1n) is 4.41. The van der Waals surface area contributed by atoms with Crippen LogP contribution in [-0.2, 0) is 0 Å². The van der Waals surface area contributed by atoms with Gasteiger partial charge in [-0.2, -0.15) is 0 Å². The number of fused-ring (bicyclic) bond motifs is 1. The summed E-state index contributed by atoms with van der Waals surface area (Å²) < 4.78 is 0. The van der Waals surface area contributed by atoms with Crippen LogP contribution in [0.1, 0.15) is 16.7 Å². The Hall–Kier alpha value is -1.28. The fourth-order valence-corrected chi connectivity index (χ4v) is 1.71. The van der Waals surface area contributed by atoms with Crippen LogP contribution in [0, 0.1) is 13.8 Å². The van der Waals surface area contributed by atoms with Crippen molar-refractivity contribution in [2.45, 2.75) is 20.1 Å². The Morgan fingerprint density at radius 3 is 2.85 bits per heavy atom. The van der Waals surface area contributed by atoms with Gasteiger partial charge in [0.05, 0.1) is 0 Å². The lowest BCUT2D eigenvalue weighted by atomic mass is 10.0. The summed E-state index contributed by atoms with van der Waals surface area (Å²) in [5, 5.41) is 12.4. The molecule has 1 heterocycles. The Morgan fingerprint density at radius 2 is 2.08 bits per heavy atom. The van der Waals surface area contributed by atoms with E-state index in [0.717, 1.165) is 5.69 Å². The van der Waals surface area contributed by atoms with Crippen LogP contribution in [0.4, 0.5) is 5.69 Å². The molecule has 1 unspecified atom stereocenters. The third-order valence-electron chi connectivity index (χ3n) is 2.28. The minimum absolute atomic E-state index is 0.548. The monoisotopic (exact) mass is 175 g/mol. The van der Waals surface area contributed by atoms with Crippen molar-refractivity contribution in [3.63, 3.8) is 0 Å². The first-order valence-corrected chi connectivity index (χ1v) is 4.41. The summed E-state index contributed by atoms with van der Waals surface area (Å²) in [5.41, 5.74) is 4.65. The normalized spacial score (nSPS) is 19.5. The van der Waals surface area contributed by atoms with Crippen molar-refractivity contribution < 1.29 is 5.11 Å². The molecule has 0 spiro atoms. The van der Waals surface area contributed by atoms with Gasteiger partial charge in [0.15, 0.2) is 0 Å². The molecule has 1 aliphatic rings. The molecule has 1 aromatic carbocycles. The van der Waals surface area contributed by atoms with Gasteiger partial charge in [-0.1, -0.05) is 12.1 Å². The molecule has 0 fully saturated rings. The topological polar surface area (TPSA) is 32.3 Å². The molecular weight excluding hydrogens is 162 g/mol. The molecule has 0 aliphatic carbocycles. The van der Waals surface area contributed by atoms with Crippen LogP contribution in [0.3, 0.4) is 0 Å². The Labute approximate surface area is 77.9 Å². The fraction of sp³-hybridized carbons (Fsp3) is 0.273. The highest BCUT2D eigenvalue weighted by atomic mass is 16.3. The zero-order valence-electron chi connectivity index (χ0n) is 7.83. The third kappa shape index (κ3) is 1.45. The van der Waals surface area contributed by atoms with Gasteiger partial charge in [-0.25, -0.2) is 0 Å². The van der Waals surface area contributed by atoms with Gasteiger partial charge in [0.25, 0.3) is 0 Å². The summed E-state index contributed by atoms with van der Waals surface area (Å²) in [5.74, 6) is 0. The zero-order chi connectivity index (χ0) is 9.42. The standard InChI is InChI=1S/C11H13NO/c1-7-5-8(2)9-3-4-11(13)12-10(9)6-7/h3-6,11-13H,1-2H3. The average Bonchev–Trinajstić information content (AvgIpc) is 2.02. The highest BCUT2D eigenvalue weighted by Crippen LogP contribution is 2.26. The molecular formula is C11H13NO. The minimum Gasteiger partial charge on any atom is -0.370 e. The predicted molar refractivity (Wildman–Crippen MR) is 54.6 cm³/mol. The van der Waals surface area contributed by atoms with Gasteiger partial charge in [-0.3, -0.25) is 0 Å². The van der Waals surface area contributed by atoms with Crippen molar-refractivity contribution in [1.82, 2.24) is 0 Å². The molecule has 2 N–H and O–H groups in total. The van der Waals surface area contributed by atoms with Gasteiger partial charge < -0.3 is 10.4 Å². The summed E-state index contributed by atoms with van der Waals surface area (Å²) in [6, 6.07) is 4.19. The second-order valence-corrected chi connectivity index (χ2v) is 3.49. The molecule has 0 aromatic heterocycles. The molecule has 0 amide bonds. The molecule has 1 aliphatic heterocycles. The van der Waals surface area contributed by atoms with Gasteiger partial charge in [0.1, 0.15) is 6.23 Å². The highest BCUT2D eigenvalue weighted by molar-refractivity contribution is 5.73. The molecule has 0 saturated heterocycles. The van der Waals surface area contributed by atoms with Gasteiger partial charge in [-0.15, -0.1) is 0 Å². The van der Waals surface area contributed by atoms with Crippen molar-refractivity contribution in [1.29, 1.82) is 0 Å². The summed E-state index contributed by atoms with van der Waals surface area (Å²) in [7, 11) is 0. The number of rotatable bonds is 0. The molecule has 68 valence electrons. The van der Waals surface area contributed by atoms with Crippen LogP contribution < -0.4 is 5.32 Å². The molecule has 2 nitrogen and oxygen atoms in total. The van der Waals surface area contributed by atoms with Crippen LogP contribution in [0.2, 0.25) is 0 Å². The summed E-state index contributed by atoms with van der Waals surface area (Å²) in [4.78, 5) is 0. The first-order chi connectivity index (χ1) is 6.16. The molecule has 0 radical (unpaired) electrons. The van der Waals surface area contributed by atoms with Crippen molar-refractivity contribution in [2.24, 2.45) is 0 Å². The van der Waals surface area contributed by atoms with Crippen LogP contribution in [0.15, 0.2) is 18.2 Å². The van der Waals surface area contributed by atoms with Crippen molar-refractivity contribution >= 4 is 11.8 Å². The molecule has 2 heteroatoms. The highest BCUT2D eigenvalue weighted by Gasteiger charge is 2.11. The van der Waals surface area contributed by atoms with Crippen molar-refractivity contribution in [3.8, 4) is 0 Å². The fourth-order valence-electron chi connectivity index (χ4n) is 1.71. The van der Waals surface area contributed by atoms with E-state index >= 15 is 0 Å². The Kier molecular flexibility index (Phi) is 1.85. The molecule has 2 rings (SSSR count). The second-order valence-electron chi connectivity index (χ2n) is 3.49. The van der Waals surface area contributed by atoms with E-state index in [-0.39, 0.29) is 0 Å². The predicted octanol–water partition coefficient (Wildman–Crippen LogP) is 2.06. The Balaban J connectivity index is 2.56. The summed E-state index contributed by atoms with van der Waals surface area (Å²) in [6.45, 7) is 4.13. The van der Waals surface area contributed by atoms with Crippen LogP contribution in [0.5, 0.6) is 0 Å². The maximum Gasteiger partial charge on any atom is 0.144 e. The maximum atomic E-state index is 9.34. The van der Waals surface area contributed by atoms with E-state index in [1.807, 2.05) is 6.08 Å². The number of hydrogen-bond acceptors (Lipinski definition) is 2. The van der Waals surface area contributed by atoms with Gasteiger partial charge in [0, 0.05) is 11.3 Å². The van der Waals surface area contributed by atoms with Crippen LogP contribution >= 0.6 is 0 Å². The van der Waals surface area contributed by atoms with E-state index < -0.39 is 6.23 Å². The van der Waals surface area contributed by atoms with E-state index in [4.69, 9.17) is 0 Å². The second kappa shape index (κ2) is 2.89. The molecule has 1 atom stereocenters.